The second kappa shape index (κ2) is 6.21. The van der Waals surface area contributed by atoms with Gasteiger partial charge in [-0.2, -0.15) is 0 Å². The van der Waals surface area contributed by atoms with E-state index in [2.05, 4.69) is 9.72 Å². The Labute approximate surface area is 122 Å². The lowest BCUT2D eigenvalue weighted by atomic mass is 10.1. The van der Waals surface area contributed by atoms with Gasteiger partial charge < -0.3 is 15.4 Å². The summed E-state index contributed by atoms with van der Waals surface area (Å²) in [4.78, 5) is 17.3. The molecule has 0 radical (unpaired) electrons. The van der Waals surface area contributed by atoms with Crippen molar-refractivity contribution in [3.05, 3.63) is 53.6 Å². The minimum Gasteiger partial charge on any atom is -0.465 e. The SMILES string of the molecule is COC(=O)c1cc(N(C)Cc2cccnc2)c(F)cc1N. The van der Waals surface area contributed by atoms with E-state index in [1.165, 1.54) is 13.2 Å². The van der Waals surface area contributed by atoms with E-state index in [-0.39, 0.29) is 16.9 Å². The molecule has 0 aliphatic rings. The number of anilines is 2. The van der Waals surface area contributed by atoms with Crippen LogP contribution in [0.2, 0.25) is 0 Å². The molecule has 0 unspecified atom stereocenters. The molecule has 0 bridgehead atoms. The Morgan fingerprint density at radius 1 is 1.48 bits per heavy atom. The molecule has 0 spiro atoms. The van der Waals surface area contributed by atoms with Crippen LogP contribution in [0.5, 0.6) is 0 Å². The van der Waals surface area contributed by atoms with E-state index < -0.39 is 11.8 Å². The summed E-state index contributed by atoms with van der Waals surface area (Å²) in [6.45, 7) is 0.454. The van der Waals surface area contributed by atoms with Crippen LogP contribution in [0, 0.1) is 5.82 Å². The molecule has 0 aliphatic carbocycles. The summed E-state index contributed by atoms with van der Waals surface area (Å²) < 4.78 is 18.7. The van der Waals surface area contributed by atoms with E-state index in [1.54, 1.807) is 24.3 Å². The molecular weight excluding hydrogens is 273 g/mol. The first-order valence-corrected chi connectivity index (χ1v) is 6.30. The number of hydrogen-bond acceptors (Lipinski definition) is 5. The lowest BCUT2D eigenvalue weighted by Crippen LogP contribution is -2.19. The van der Waals surface area contributed by atoms with Gasteiger partial charge in [-0.25, -0.2) is 9.18 Å². The van der Waals surface area contributed by atoms with Crippen LogP contribution in [-0.4, -0.2) is 25.1 Å². The Morgan fingerprint density at radius 2 is 2.24 bits per heavy atom. The summed E-state index contributed by atoms with van der Waals surface area (Å²) in [5.41, 5.74) is 7.05. The maximum atomic E-state index is 14.1. The highest BCUT2D eigenvalue weighted by molar-refractivity contribution is 5.96. The second-order valence-electron chi connectivity index (χ2n) is 4.60. The molecule has 0 saturated carbocycles. The van der Waals surface area contributed by atoms with Crippen molar-refractivity contribution in [3.63, 3.8) is 0 Å². The third-order valence-electron chi connectivity index (χ3n) is 3.08. The molecule has 21 heavy (non-hydrogen) atoms. The van der Waals surface area contributed by atoms with Crippen LogP contribution < -0.4 is 10.6 Å². The molecule has 2 N–H and O–H groups in total. The predicted octanol–water partition coefficient (Wildman–Crippen LogP) is 2.23. The third-order valence-corrected chi connectivity index (χ3v) is 3.08. The molecule has 0 aliphatic heterocycles. The van der Waals surface area contributed by atoms with Crippen molar-refractivity contribution < 1.29 is 13.9 Å². The van der Waals surface area contributed by atoms with Gasteiger partial charge in [0.1, 0.15) is 5.82 Å². The number of hydrogen-bond donors (Lipinski definition) is 1. The number of nitrogens with zero attached hydrogens (tertiary/aromatic N) is 2. The highest BCUT2D eigenvalue weighted by Crippen LogP contribution is 2.26. The molecule has 0 amide bonds. The van der Waals surface area contributed by atoms with Crippen LogP contribution in [0.15, 0.2) is 36.7 Å². The molecule has 0 saturated heterocycles. The average molecular weight is 289 g/mol. The molecule has 1 aromatic heterocycles. The number of rotatable bonds is 4. The largest absolute Gasteiger partial charge is 0.465 e. The molecule has 1 heterocycles. The van der Waals surface area contributed by atoms with Gasteiger partial charge in [0.2, 0.25) is 0 Å². The number of benzene rings is 1. The number of halogens is 1. The second-order valence-corrected chi connectivity index (χ2v) is 4.60. The zero-order chi connectivity index (χ0) is 15.4. The van der Waals surface area contributed by atoms with Crippen molar-refractivity contribution in [2.24, 2.45) is 0 Å². The Morgan fingerprint density at radius 3 is 2.86 bits per heavy atom. The quantitative estimate of drug-likeness (QED) is 0.690. The Balaban J connectivity index is 2.32. The van der Waals surface area contributed by atoms with Gasteiger partial charge in [0, 0.05) is 31.7 Å². The highest BCUT2D eigenvalue weighted by atomic mass is 19.1. The average Bonchev–Trinajstić information content (AvgIpc) is 2.47. The summed E-state index contributed by atoms with van der Waals surface area (Å²) in [5.74, 6) is -1.09. The first-order valence-electron chi connectivity index (χ1n) is 6.30. The highest BCUT2D eigenvalue weighted by Gasteiger charge is 2.17. The summed E-state index contributed by atoms with van der Waals surface area (Å²) in [5, 5.41) is 0. The summed E-state index contributed by atoms with van der Waals surface area (Å²) >= 11 is 0. The molecule has 1 aromatic carbocycles. The topological polar surface area (TPSA) is 68.5 Å². The number of nitrogen functional groups attached to an aromatic ring is 1. The number of carbonyl (C=O) groups excluding carboxylic acids is 1. The Hall–Kier alpha value is -2.63. The van der Waals surface area contributed by atoms with Gasteiger partial charge >= 0.3 is 5.97 Å². The third kappa shape index (κ3) is 3.28. The number of methoxy groups -OCH3 is 1. The fourth-order valence-corrected chi connectivity index (χ4v) is 2.01. The fraction of sp³-hybridized carbons (Fsp3) is 0.200. The zero-order valence-corrected chi connectivity index (χ0v) is 11.8. The van der Waals surface area contributed by atoms with E-state index in [0.29, 0.717) is 6.54 Å². The molecule has 2 rings (SSSR count). The van der Waals surface area contributed by atoms with Crippen LogP contribution in [0.3, 0.4) is 0 Å². The number of pyridine rings is 1. The molecule has 2 aromatic rings. The van der Waals surface area contributed by atoms with Crippen LogP contribution in [-0.2, 0) is 11.3 Å². The van der Waals surface area contributed by atoms with Gasteiger partial charge in [-0.1, -0.05) is 6.07 Å². The maximum absolute atomic E-state index is 14.1. The van der Waals surface area contributed by atoms with Gasteiger partial charge in [0.05, 0.1) is 18.4 Å². The number of carbonyl (C=O) groups is 1. The lowest BCUT2D eigenvalue weighted by Gasteiger charge is -2.21. The van der Waals surface area contributed by atoms with Gasteiger partial charge in [-0.3, -0.25) is 4.98 Å². The normalized spacial score (nSPS) is 10.2. The number of nitrogens with two attached hydrogens (primary N) is 1. The smallest absolute Gasteiger partial charge is 0.340 e. The Bertz CT molecular complexity index is 647. The van der Waals surface area contributed by atoms with Gasteiger partial charge in [0.25, 0.3) is 0 Å². The first-order chi connectivity index (χ1) is 10.0. The number of esters is 1. The van der Waals surface area contributed by atoms with Crippen molar-refractivity contribution >= 4 is 17.3 Å². The number of ether oxygens (including phenoxy) is 1. The molecule has 0 fully saturated rings. The molecule has 5 nitrogen and oxygen atoms in total. The van der Waals surface area contributed by atoms with E-state index in [9.17, 15) is 9.18 Å². The molecule has 6 heteroatoms. The van der Waals surface area contributed by atoms with Gasteiger partial charge in [0.15, 0.2) is 0 Å². The van der Waals surface area contributed by atoms with E-state index in [1.807, 2.05) is 12.1 Å². The minimum atomic E-state index is -0.594. The van der Waals surface area contributed by atoms with Crippen LogP contribution in [0.4, 0.5) is 15.8 Å². The van der Waals surface area contributed by atoms with Crippen molar-refractivity contribution in [2.75, 3.05) is 24.8 Å². The summed E-state index contributed by atoms with van der Waals surface area (Å²) in [6.07, 6.45) is 3.37. The molecule has 110 valence electrons. The van der Waals surface area contributed by atoms with Crippen LogP contribution >= 0.6 is 0 Å². The molecular formula is C15H16FN3O2. The van der Waals surface area contributed by atoms with E-state index in [4.69, 9.17) is 5.73 Å². The van der Waals surface area contributed by atoms with Crippen molar-refractivity contribution in [1.29, 1.82) is 0 Å². The van der Waals surface area contributed by atoms with E-state index >= 15 is 0 Å². The van der Waals surface area contributed by atoms with Crippen LogP contribution in [0.1, 0.15) is 15.9 Å². The van der Waals surface area contributed by atoms with Gasteiger partial charge in [-0.15, -0.1) is 0 Å². The monoisotopic (exact) mass is 289 g/mol. The van der Waals surface area contributed by atoms with Crippen molar-refractivity contribution in [2.45, 2.75) is 6.54 Å². The summed E-state index contributed by atoms with van der Waals surface area (Å²) in [7, 11) is 2.98. The van der Waals surface area contributed by atoms with Crippen molar-refractivity contribution in [3.8, 4) is 0 Å². The zero-order valence-electron chi connectivity index (χ0n) is 11.8. The Kier molecular flexibility index (Phi) is 4.37. The molecule has 0 atom stereocenters. The maximum Gasteiger partial charge on any atom is 0.340 e. The van der Waals surface area contributed by atoms with Crippen LogP contribution in [0.25, 0.3) is 0 Å². The standard InChI is InChI=1S/C15H16FN3O2/c1-19(9-10-4-3-5-18-8-10)14-6-11(15(20)21-2)13(17)7-12(14)16/h3-8H,9,17H2,1-2H3. The lowest BCUT2D eigenvalue weighted by molar-refractivity contribution is 0.0602. The van der Waals surface area contributed by atoms with E-state index in [0.717, 1.165) is 11.6 Å². The summed E-state index contributed by atoms with van der Waals surface area (Å²) in [6, 6.07) is 6.22. The fourth-order valence-electron chi connectivity index (χ4n) is 2.01. The predicted molar refractivity (Wildman–Crippen MR) is 78.5 cm³/mol. The number of aromatic nitrogens is 1. The van der Waals surface area contributed by atoms with Crippen molar-refractivity contribution in [1.82, 2.24) is 4.98 Å². The minimum absolute atomic E-state index is 0.0536. The van der Waals surface area contributed by atoms with Gasteiger partial charge in [-0.05, 0) is 23.8 Å². The first kappa shape index (κ1) is 14.8.